The summed E-state index contributed by atoms with van der Waals surface area (Å²) in [6.45, 7) is -2.03. The van der Waals surface area contributed by atoms with E-state index < -0.39 is 97.2 Å². The molecule has 292 valence electrons. The molecule has 2 saturated heterocycles. The Labute approximate surface area is 293 Å². The summed E-state index contributed by atoms with van der Waals surface area (Å²) < 4.78 is 75.2. The number of H-pyrrole nitrogens is 1. The van der Waals surface area contributed by atoms with Gasteiger partial charge in [0.05, 0.1) is 26.6 Å². The highest BCUT2D eigenvalue weighted by Gasteiger charge is 2.50. The van der Waals surface area contributed by atoms with Crippen LogP contribution in [0.1, 0.15) is 12.5 Å². The lowest BCUT2D eigenvalue weighted by Crippen LogP contribution is -2.46. The number of phosphoric ester groups is 2. The van der Waals surface area contributed by atoms with Gasteiger partial charge in [0.25, 0.3) is 11.5 Å². The van der Waals surface area contributed by atoms with E-state index in [9.17, 15) is 53.6 Å². The molecule has 53 heavy (non-hydrogen) atoms. The van der Waals surface area contributed by atoms with Gasteiger partial charge in [-0.3, -0.25) is 28.0 Å². The third-order valence-electron chi connectivity index (χ3n) is 7.88. The number of rotatable bonds is 13. The number of nitrogens with one attached hydrogen (secondary N) is 1. The summed E-state index contributed by atoms with van der Waals surface area (Å²) in [7, 11) is -14.7. The van der Waals surface area contributed by atoms with Gasteiger partial charge in [0.2, 0.25) is 12.2 Å². The molecule has 2 aliphatic rings. The summed E-state index contributed by atoms with van der Waals surface area (Å²) in [6.07, 6.45) is -9.80. The van der Waals surface area contributed by atoms with Gasteiger partial charge in [-0.15, -0.1) is 0 Å². The molecule has 4 aromatic rings. The Bertz CT molecular complexity index is 2230. The lowest BCUT2D eigenvalue weighted by atomic mass is 10.1. The van der Waals surface area contributed by atoms with Crippen LogP contribution < -0.4 is 26.7 Å². The van der Waals surface area contributed by atoms with Crippen molar-refractivity contribution in [3.63, 3.8) is 0 Å². The van der Waals surface area contributed by atoms with E-state index in [0.29, 0.717) is 0 Å². The molecule has 0 saturated carbocycles. The topological polar surface area (TPSA) is 410 Å². The fourth-order valence-electron chi connectivity index (χ4n) is 5.67. The summed E-state index contributed by atoms with van der Waals surface area (Å²) >= 11 is 0. The lowest BCUT2D eigenvalue weighted by Gasteiger charge is -2.21. The van der Waals surface area contributed by atoms with E-state index in [1.807, 2.05) is 0 Å². The lowest BCUT2D eigenvalue weighted by molar-refractivity contribution is -0.745. The summed E-state index contributed by atoms with van der Waals surface area (Å²) in [5.41, 5.74) is 10.1. The molecule has 0 radical (unpaired) electrons. The quantitative estimate of drug-likeness (QED) is 0.0457. The number of aliphatic hydroxyl groups is 3. The SMILES string of the molecule is COC1[C@@H](COP(=O)(O)OP(=O)(O)OP(=O)(O)OC[C@H]2O[C@@H](n3cnc4c(=O)[nH]c(N)nc43)C(O)[C@H]2O)O[C@@H]([n+]2cn(C)c3c([O-])nc(N)nc32)[C@H]1O. The Morgan fingerprint density at radius 2 is 1.60 bits per heavy atom. The maximum absolute atomic E-state index is 12.6. The number of fused-ring (bicyclic) bond motifs is 2. The van der Waals surface area contributed by atoms with Crippen LogP contribution >= 0.6 is 23.5 Å². The molecule has 31 heteroatoms. The van der Waals surface area contributed by atoms with Gasteiger partial charge in [0, 0.05) is 13.0 Å². The van der Waals surface area contributed by atoms with Crippen LogP contribution in [-0.4, -0.2) is 121 Å². The maximum atomic E-state index is 12.6. The number of nitrogens with zero attached hydrogens (tertiary/aromatic N) is 7. The van der Waals surface area contributed by atoms with Gasteiger partial charge in [0.1, 0.15) is 36.6 Å². The number of imidazole rings is 2. The summed E-state index contributed by atoms with van der Waals surface area (Å²) in [5.74, 6) is -1.40. The fourth-order valence-corrected chi connectivity index (χ4v) is 9.19. The molecule has 4 aromatic heterocycles. The number of nitrogen functional groups attached to an aromatic ring is 2. The molecule has 0 aromatic carbocycles. The first-order chi connectivity index (χ1) is 24.7. The molecule has 6 rings (SSSR count). The molecule has 0 bridgehead atoms. The van der Waals surface area contributed by atoms with Gasteiger partial charge in [-0.1, -0.05) is 4.98 Å². The normalized spacial score (nSPS) is 29.7. The smallest absolute Gasteiger partial charge is 0.490 e. The average molecular weight is 816 g/mol. The number of aryl methyl sites for hydroxylation is 1. The zero-order valence-corrected chi connectivity index (χ0v) is 29.6. The van der Waals surface area contributed by atoms with Crippen molar-refractivity contribution < 1.29 is 85.2 Å². The first kappa shape index (κ1) is 39.2. The summed E-state index contributed by atoms with van der Waals surface area (Å²) in [5, 5.41) is 44.2. The van der Waals surface area contributed by atoms with Crippen molar-refractivity contribution in [2.24, 2.45) is 7.05 Å². The third-order valence-corrected chi connectivity index (χ3v) is 12.1. The van der Waals surface area contributed by atoms with Crippen molar-refractivity contribution in [3.05, 3.63) is 23.0 Å². The van der Waals surface area contributed by atoms with E-state index in [2.05, 4.69) is 38.1 Å². The number of aromatic nitrogens is 8. The Hall–Kier alpha value is -3.53. The largest absolute Gasteiger partial charge is 0.856 e. The Morgan fingerprint density at radius 1 is 0.962 bits per heavy atom. The van der Waals surface area contributed by atoms with Crippen LogP contribution in [-0.2, 0) is 52.6 Å². The minimum absolute atomic E-state index is 0.0000824. The Kier molecular flexibility index (Phi) is 10.6. The van der Waals surface area contributed by atoms with Crippen molar-refractivity contribution in [2.75, 3.05) is 31.8 Å². The molecule has 5 unspecified atom stereocenters. The van der Waals surface area contributed by atoms with Crippen LogP contribution in [0.25, 0.3) is 22.3 Å². The van der Waals surface area contributed by atoms with E-state index in [1.165, 1.54) is 22.5 Å². The molecule has 11 N–H and O–H groups in total. The van der Waals surface area contributed by atoms with Crippen molar-refractivity contribution in [3.8, 4) is 5.88 Å². The predicted molar refractivity (Wildman–Crippen MR) is 165 cm³/mol. The summed E-state index contributed by atoms with van der Waals surface area (Å²) in [6, 6.07) is 0. The number of nitrogens with two attached hydrogens (primary N) is 2. The van der Waals surface area contributed by atoms with Crippen LogP contribution in [0.3, 0.4) is 0 Å². The molecule has 0 aliphatic carbocycles. The first-order valence-electron chi connectivity index (χ1n) is 14.7. The van der Waals surface area contributed by atoms with Crippen molar-refractivity contribution >= 4 is 57.7 Å². The van der Waals surface area contributed by atoms with Crippen molar-refractivity contribution in [1.82, 2.24) is 34.1 Å². The monoisotopic (exact) mass is 816 g/mol. The van der Waals surface area contributed by atoms with Gasteiger partial charge in [-0.05, 0) is 0 Å². The van der Waals surface area contributed by atoms with Gasteiger partial charge in [0.15, 0.2) is 29.2 Å². The molecule has 11 atom stereocenters. The zero-order valence-electron chi connectivity index (χ0n) is 26.9. The van der Waals surface area contributed by atoms with Crippen molar-refractivity contribution in [1.29, 1.82) is 0 Å². The molecule has 6 heterocycles. The van der Waals surface area contributed by atoms with Crippen LogP contribution in [0.15, 0.2) is 17.4 Å². The average Bonchev–Trinajstić information content (AvgIpc) is 3.76. The minimum Gasteiger partial charge on any atom is -0.856 e. The highest BCUT2D eigenvalue weighted by molar-refractivity contribution is 7.66. The first-order valence-corrected chi connectivity index (χ1v) is 19.2. The van der Waals surface area contributed by atoms with Crippen LogP contribution in [0.4, 0.5) is 11.9 Å². The number of methoxy groups -OCH3 is 1. The van der Waals surface area contributed by atoms with Crippen molar-refractivity contribution in [2.45, 2.75) is 49.1 Å². The number of hydrogen-bond donors (Lipinski definition) is 9. The minimum atomic E-state index is -5.98. The highest BCUT2D eigenvalue weighted by Crippen LogP contribution is 2.67. The molecular weight excluding hydrogens is 785 g/mol. The molecule has 28 nitrogen and oxygen atoms in total. The second-order valence-corrected chi connectivity index (χ2v) is 16.1. The number of phosphoric acid groups is 3. The maximum Gasteiger partial charge on any atom is 0.490 e. The van der Waals surface area contributed by atoms with Gasteiger partial charge < -0.3 is 60.8 Å². The van der Waals surface area contributed by atoms with E-state index in [-0.39, 0.29) is 34.2 Å². The molecule has 2 fully saturated rings. The second kappa shape index (κ2) is 14.3. The fraction of sp³-hybridized carbons (Fsp3) is 0.545. The van der Waals surface area contributed by atoms with E-state index in [0.717, 1.165) is 18.0 Å². The van der Waals surface area contributed by atoms with Gasteiger partial charge in [-0.2, -0.15) is 13.6 Å². The predicted octanol–water partition coefficient (Wildman–Crippen LogP) is -4.11. The standard InChI is InChI=1S/C22H31N10O18P3/c1-30-6-32(16-10(30)18(37)29-22(24)27-16)20-13(35)14(44-2)8(48-20)4-46-52(40,41)50-53(42,43)49-51(38,39)45-3-7-11(33)12(34)19(47-7)31-5-25-9-15(31)26-21(23)28-17(9)36/h5-8,11-14,19-20,33-35H,3-4H2,1-2H3,(H8-,23,24,26,27,28,29,36,37,38,39,40,41,42,43)/t7-,8-,11+,12?,13+,14?,19-,20-/m1/s1. The van der Waals surface area contributed by atoms with Crippen LogP contribution in [0.2, 0.25) is 0 Å². The molecular formula is C22H31N10O18P3. The number of aromatic amines is 1. The van der Waals surface area contributed by atoms with E-state index in [1.54, 1.807) is 0 Å². The number of ether oxygens (including phenoxy) is 3. The molecule has 0 amide bonds. The van der Waals surface area contributed by atoms with Gasteiger partial charge >= 0.3 is 29.1 Å². The highest BCUT2D eigenvalue weighted by atomic mass is 31.3. The Morgan fingerprint density at radius 3 is 2.25 bits per heavy atom. The number of anilines is 2. The molecule has 0 spiro atoms. The van der Waals surface area contributed by atoms with Crippen LogP contribution in [0, 0.1) is 0 Å². The summed E-state index contributed by atoms with van der Waals surface area (Å²) in [4.78, 5) is 59.8. The van der Waals surface area contributed by atoms with Gasteiger partial charge in [-0.25, -0.2) is 28.2 Å². The van der Waals surface area contributed by atoms with E-state index >= 15 is 0 Å². The van der Waals surface area contributed by atoms with Crippen LogP contribution in [0.5, 0.6) is 5.88 Å². The van der Waals surface area contributed by atoms with E-state index in [4.69, 9.17) is 30.2 Å². The second-order valence-electron chi connectivity index (χ2n) is 11.4. The number of hydrogen-bond acceptors (Lipinski definition) is 21. The Balaban J connectivity index is 1.06. The number of aliphatic hydroxyl groups excluding tert-OH is 3. The third kappa shape index (κ3) is 7.85. The molecule has 2 aliphatic heterocycles. The zero-order chi connectivity index (χ0) is 38.8.